The Kier molecular flexibility index (Phi) is 7.21. The van der Waals surface area contributed by atoms with Crippen LogP contribution in [-0.2, 0) is 0 Å². The van der Waals surface area contributed by atoms with E-state index in [2.05, 4.69) is 36.2 Å². The molecule has 3 nitrogen and oxygen atoms in total. The second-order valence-electron chi connectivity index (χ2n) is 4.78. The van der Waals surface area contributed by atoms with Crippen LogP contribution in [0.25, 0.3) is 0 Å². The smallest absolute Gasteiger partial charge is 0.0606 e. The van der Waals surface area contributed by atoms with Crippen molar-refractivity contribution in [3.8, 4) is 0 Å². The van der Waals surface area contributed by atoms with Gasteiger partial charge in [0.2, 0.25) is 0 Å². The maximum Gasteiger partial charge on any atom is 0.0606 e. The molecule has 0 radical (unpaired) electrons. The van der Waals surface area contributed by atoms with Crippen molar-refractivity contribution in [3.05, 3.63) is 28.8 Å². The summed E-state index contributed by atoms with van der Waals surface area (Å²) in [4.78, 5) is 2.18. The maximum atomic E-state index is 9.16. The minimum atomic E-state index is 0.163. The highest BCUT2D eigenvalue weighted by Gasteiger charge is 2.11. The van der Waals surface area contributed by atoms with Crippen LogP contribution < -0.4 is 10.2 Å². The molecule has 1 atom stereocenters. The Balaban J connectivity index is 2.89. The molecule has 2 N–H and O–H groups in total. The molecule has 0 aliphatic carbocycles. The van der Waals surface area contributed by atoms with Gasteiger partial charge < -0.3 is 15.3 Å². The van der Waals surface area contributed by atoms with E-state index in [1.165, 1.54) is 0 Å². The lowest BCUT2D eigenvalue weighted by molar-refractivity contribution is 0.301. The lowest BCUT2D eigenvalue weighted by Gasteiger charge is -2.25. The van der Waals surface area contributed by atoms with E-state index >= 15 is 0 Å². The standard InChI is InChI=1S/C15H25ClN2O/c1-4-5-8-18(9-10-19)13-6-7-14(12(2)17-3)15(16)11-13/h6-7,11-12,17,19H,4-5,8-10H2,1-3H3. The SMILES string of the molecule is CCCCN(CCO)c1ccc(C(C)NC)c(Cl)c1. The summed E-state index contributed by atoms with van der Waals surface area (Å²) in [6.07, 6.45) is 2.26. The van der Waals surface area contributed by atoms with Crippen molar-refractivity contribution in [3.63, 3.8) is 0 Å². The average Bonchev–Trinajstić information content (AvgIpc) is 2.42. The summed E-state index contributed by atoms with van der Waals surface area (Å²) in [6, 6.07) is 6.38. The van der Waals surface area contributed by atoms with Crippen molar-refractivity contribution in [2.24, 2.45) is 0 Å². The van der Waals surface area contributed by atoms with E-state index in [1.54, 1.807) is 0 Å². The zero-order chi connectivity index (χ0) is 14.3. The normalized spacial score (nSPS) is 12.5. The molecule has 0 aromatic heterocycles. The Bertz CT molecular complexity index is 384. The van der Waals surface area contributed by atoms with E-state index in [4.69, 9.17) is 16.7 Å². The molecule has 4 heteroatoms. The topological polar surface area (TPSA) is 35.5 Å². The molecule has 0 aliphatic heterocycles. The van der Waals surface area contributed by atoms with Crippen molar-refractivity contribution in [2.75, 3.05) is 31.6 Å². The van der Waals surface area contributed by atoms with Gasteiger partial charge in [0.25, 0.3) is 0 Å². The van der Waals surface area contributed by atoms with Gasteiger partial charge >= 0.3 is 0 Å². The van der Waals surface area contributed by atoms with Crippen LogP contribution in [0.15, 0.2) is 18.2 Å². The van der Waals surface area contributed by atoms with E-state index in [0.717, 1.165) is 35.7 Å². The van der Waals surface area contributed by atoms with Crippen molar-refractivity contribution in [1.82, 2.24) is 5.32 Å². The van der Waals surface area contributed by atoms with Gasteiger partial charge in [-0.15, -0.1) is 0 Å². The van der Waals surface area contributed by atoms with Gasteiger partial charge in [-0.1, -0.05) is 31.0 Å². The van der Waals surface area contributed by atoms with Crippen LogP contribution in [0.3, 0.4) is 0 Å². The molecule has 0 saturated carbocycles. The fourth-order valence-electron chi connectivity index (χ4n) is 2.06. The van der Waals surface area contributed by atoms with Gasteiger partial charge in [0, 0.05) is 29.8 Å². The predicted octanol–water partition coefficient (Wildman–Crippen LogP) is 3.22. The van der Waals surface area contributed by atoms with Crippen LogP contribution in [0, 0.1) is 0 Å². The highest BCUT2D eigenvalue weighted by atomic mass is 35.5. The van der Waals surface area contributed by atoms with E-state index < -0.39 is 0 Å². The molecule has 1 unspecified atom stereocenters. The number of nitrogens with zero attached hydrogens (tertiary/aromatic N) is 1. The van der Waals surface area contributed by atoms with Crippen molar-refractivity contribution < 1.29 is 5.11 Å². The quantitative estimate of drug-likeness (QED) is 0.769. The van der Waals surface area contributed by atoms with Crippen LogP contribution in [0.1, 0.15) is 38.3 Å². The number of benzene rings is 1. The molecule has 1 aromatic rings. The molecule has 1 rings (SSSR count). The predicted molar refractivity (Wildman–Crippen MR) is 83.1 cm³/mol. The van der Waals surface area contributed by atoms with Crippen LogP contribution in [0.2, 0.25) is 5.02 Å². The number of unbranched alkanes of at least 4 members (excludes halogenated alkanes) is 1. The summed E-state index contributed by atoms with van der Waals surface area (Å²) in [5.74, 6) is 0. The largest absolute Gasteiger partial charge is 0.395 e. The number of nitrogens with one attached hydrogen (secondary N) is 1. The Hall–Kier alpha value is -0.770. The molecular weight excluding hydrogens is 260 g/mol. The number of halogens is 1. The highest BCUT2D eigenvalue weighted by molar-refractivity contribution is 6.31. The molecule has 108 valence electrons. The van der Waals surface area contributed by atoms with E-state index in [1.807, 2.05) is 13.1 Å². The molecule has 0 saturated heterocycles. The Morgan fingerprint density at radius 1 is 1.37 bits per heavy atom. The molecule has 0 aliphatic rings. The summed E-state index contributed by atoms with van der Waals surface area (Å²) in [6.45, 7) is 6.02. The third-order valence-electron chi connectivity index (χ3n) is 3.40. The summed E-state index contributed by atoms with van der Waals surface area (Å²) in [5.41, 5.74) is 2.19. The number of aliphatic hydroxyl groups excluding tert-OH is 1. The number of anilines is 1. The second-order valence-corrected chi connectivity index (χ2v) is 5.19. The van der Waals surface area contributed by atoms with Gasteiger partial charge in [-0.3, -0.25) is 0 Å². The van der Waals surface area contributed by atoms with Crippen molar-refractivity contribution in [2.45, 2.75) is 32.7 Å². The molecule has 0 spiro atoms. The minimum absolute atomic E-state index is 0.163. The number of hydrogen-bond donors (Lipinski definition) is 2. The maximum absolute atomic E-state index is 9.16. The zero-order valence-electron chi connectivity index (χ0n) is 12.1. The molecular formula is C15H25ClN2O. The van der Waals surface area contributed by atoms with Crippen molar-refractivity contribution >= 4 is 17.3 Å². The Morgan fingerprint density at radius 3 is 2.63 bits per heavy atom. The van der Waals surface area contributed by atoms with Crippen LogP contribution in [0.5, 0.6) is 0 Å². The summed E-state index contributed by atoms with van der Waals surface area (Å²) >= 11 is 6.35. The first-order valence-corrected chi connectivity index (χ1v) is 7.34. The molecule has 0 bridgehead atoms. The molecule has 0 amide bonds. The fourth-order valence-corrected chi connectivity index (χ4v) is 2.40. The van der Waals surface area contributed by atoms with Gasteiger partial charge in [0.15, 0.2) is 0 Å². The fraction of sp³-hybridized carbons (Fsp3) is 0.600. The van der Waals surface area contributed by atoms with E-state index in [9.17, 15) is 0 Å². The summed E-state index contributed by atoms with van der Waals surface area (Å²) in [5, 5.41) is 13.1. The average molecular weight is 285 g/mol. The number of aliphatic hydroxyl groups is 1. The van der Waals surface area contributed by atoms with Gasteiger partial charge in [-0.05, 0) is 38.1 Å². The van der Waals surface area contributed by atoms with Crippen molar-refractivity contribution in [1.29, 1.82) is 0 Å². The lowest BCUT2D eigenvalue weighted by atomic mass is 10.1. The van der Waals surface area contributed by atoms with E-state index in [0.29, 0.717) is 6.54 Å². The summed E-state index contributed by atoms with van der Waals surface area (Å²) < 4.78 is 0. The Labute approximate surface area is 121 Å². The highest BCUT2D eigenvalue weighted by Crippen LogP contribution is 2.28. The molecule has 0 heterocycles. The lowest BCUT2D eigenvalue weighted by Crippen LogP contribution is -2.27. The van der Waals surface area contributed by atoms with Crippen LogP contribution in [0.4, 0.5) is 5.69 Å². The first-order valence-electron chi connectivity index (χ1n) is 6.96. The number of hydrogen-bond acceptors (Lipinski definition) is 3. The molecule has 1 aromatic carbocycles. The monoisotopic (exact) mass is 284 g/mol. The van der Waals surface area contributed by atoms with Gasteiger partial charge in [-0.2, -0.15) is 0 Å². The third-order valence-corrected chi connectivity index (χ3v) is 3.73. The van der Waals surface area contributed by atoms with Gasteiger partial charge in [-0.25, -0.2) is 0 Å². The number of rotatable bonds is 8. The van der Waals surface area contributed by atoms with Gasteiger partial charge in [0.05, 0.1) is 6.61 Å². The van der Waals surface area contributed by atoms with Gasteiger partial charge in [0.1, 0.15) is 0 Å². The Morgan fingerprint density at radius 2 is 2.11 bits per heavy atom. The van der Waals surface area contributed by atoms with Crippen LogP contribution in [-0.4, -0.2) is 31.9 Å². The molecule has 19 heavy (non-hydrogen) atoms. The summed E-state index contributed by atoms with van der Waals surface area (Å²) in [7, 11) is 1.92. The third kappa shape index (κ3) is 4.68. The first-order chi connectivity index (χ1) is 9.13. The second kappa shape index (κ2) is 8.41. The van der Waals surface area contributed by atoms with Crippen LogP contribution >= 0.6 is 11.6 Å². The molecule has 0 fully saturated rings. The minimum Gasteiger partial charge on any atom is -0.395 e. The first kappa shape index (κ1) is 16.3. The zero-order valence-corrected chi connectivity index (χ0v) is 12.9. The van der Waals surface area contributed by atoms with E-state index in [-0.39, 0.29) is 12.6 Å².